The van der Waals surface area contributed by atoms with Crippen LogP contribution in [0.5, 0.6) is 0 Å². The SMILES string of the molecule is CC1(C)CCCC2(C)[C@H]3CC(=O)O[C@]3(C)CCN12. The summed E-state index contributed by atoms with van der Waals surface area (Å²) in [4.78, 5) is 14.4. The third-order valence-corrected chi connectivity index (χ3v) is 5.86. The third kappa shape index (κ3) is 1.49. The normalized spacial score (nSPS) is 47.3. The molecule has 3 rings (SSSR count). The van der Waals surface area contributed by atoms with Crippen molar-refractivity contribution in [2.45, 2.75) is 76.5 Å². The number of fused-ring (bicyclic) bond motifs is 3. The molecular weight excluding hydrogens is 226 g/mol. The lowest BCUT2D eigenvalue weighted by atomic mass is 9.63. The van der Waals surface area contributed by atoms with Gasteiger partial charge >= 0.3 is 5.97 Å². The molecule has 0 N–H and O–H groups in total. The second-order valence-corrected chi connectivity index (χ2v) is 7.47. The van der Waals surface area contributed by atoms with Gasteiger partial charge in [-0.3, -0.25) is 9.69 Å². The minimum Gasteiger partial charge on any atom is -0.459 e. The van der Waals surface area contributed by atoms with Gasteiger partial charge in [0.25, 0.3) is 0 Å². The summed E-state index contributed by atoms with van der Waals surface area (Å²) in [5.74, 6) is 0.375. The standard InChI is InChI=1S/C15H25NO2/c1-13(2)6-5-7-14(3)11-10-12(17)18-15(11,4)8-9-16(13)14/h11H,5-10H2,1-4H3/t11-,14?,15-/m1/s1. The number of carbonyl (C=O) groups is 1. The molecule has 3 heterocycles. The molecule has 3 atom stereocenters. The number of carbonyl (C=O) groups excluding carboxylic acids is 1. The molecule has 0 spiro atoms. The number of esters is 1. The van der Waals surface area contributed by atoms with Crippen molar-refractivity contribution in [3.8, 4) is 0 Å². The van der Waals surface area contributed by atoms with Crippen molar-refractivity contribution in [1.29, 1.82) is 0 Å². The Kier molecular flexibility index (Phi) is 2.42. The molecule has 18 heavy (non-hydrogen) atoms. The van der Waals surface area contributed by atoms with Gasteiger partial charge in [-0.2, -0.15) is 0 Å². The fourth-order valence-electron chi connectivity index (χ4n) is 4.95. The largest absolute Gasteiger partial charge is 0.459 e. The van der Waals surface area contributed by atoms with Crippen molar-refractivity contribution in [2.24, 2.45) is 5.92 Å². The molecule has 0 aromatic rings. The summed E-state index contributed by atoms with van der Waals surface area (Å²) in [5.41, 5.74) is 0.191. The number of piperidine rings is 2. The molecule has 0 aromatic heterocycles. The Morgan fingerprint density at radius 3 is 2.61 bits per heavy atom. The molecule has 0 bridgehead atoms. The smallest absolute Gasteiger partial charge is 0.306 e. The summed E-state index contributed by atoms with van der Waals surface area (Å²) < 4.78 is 5.67. The van der Waals surface area contributed by atoms with Crippen LogP contribution in [0.3, 0.4) is 0 Å². The molecule has 3 saturated heterocycles. The summed E-state index contributed by atoms with van der Waals surface area (Å²) in [6.07, 6.45) is 5.33. The van der Waals surface area contributed by atoms with Crippen LogP contribution in [0, 0.1) is 5.92 Å². The predicted octanol–water partition coefficient (Wildman–Crippen LogP) is 2.74. The van der Waals surface area contributed by atoms with Crippen LogP contribution in [0.4, 0.5) is 0 Å². The lowest BCUT2D eigenvalue weighted by molar-refractivity contribution is -0.169. The average Bonchev–Trinajstić information content (AvgIpc) is 2.53. The lowest BCUT2D eigenvalue weighted by Gasteiger charge is -2.62. The fourth-order valence-corrected chi connectivity index (χ4v) is 4.95. The van der Waals surface area contributed by atoms with E-state index in [0.717, 1.165) is 13.0 Å². The van der Waals surface area contributed by atoms with Crippen molar-refractivity contribution >= 4 is 5.97 Å². The van der Waals surface area contributed by atoms with Crippen LogP contribution in [-0.4, -0.2) is 34.1 Å². The van der Waals surface area contributed by atoms with Crippen molar-refractivity contribution in [1.82, 2.24) is 4.90 Å². The van der Waals surface area contributed by atoms with E-state index in [-0.39, 0.29) is 22.6 Å². The van der Waals surface area contributed by atoms with Gasteiger partial charge in [-0.25, -0.2) is 0 Å². The summed E-state index contributed by atoms with van der Waals surface area (Å²) in [6, 6.07) is 0. The van der Waals surface area contributed by atoms with Crippen LogP contribution >= 0.6 is 0 Å². The first-order valence-corrected chi connectivity index (χ1v) is 7.28. The molecule has 102 valence electrons. The highest BCUT2D eigenvalue weighted by Crippen LogP contribution is 2.54. The number of hydrogen-bond acceptors (Lipinski definition) is 3. The first-order valence-electron chi connectivity index (χ1n) is 7.28. The minimum atomic E-state index is -0.213. The number of nitrogens with zero attached hydrogens (tertiary/aromatic N) is 1. The highest BCUT2D eigenvalue weighted by Gasteiger charge is 2.61. The predicted molar refractivity (Wildman–Crippen MR) is 70.3 cm³/mol. The second kappa shape index (κ2) is 3.50. The van der Waals surface area contributed by atoms with E-state index in [9.17, 15) is 4.79 Å². The van der Waals surface area contributed by atoms with Crippen LogP contribution in [0.2, 0.25) is 0 Å². The van der Waals surface area contributed by atoms with E-state index in [1.165, 1.54) is 19.3 Å². The van der Waals surface area contributed by atoms with E-state index >= 15 is 0 Å². The highest BCUT2D eigenvalue weighted by molar-refractivity contribution is 5.73. The summed E-state index contributed by atoms with van der Waals surface area (Å²) in [7, 11) is 0. The Hall–Kier alpha value is -0.570. The van der Waals surface area contributed by atoms with Crippen LogP contribution < -0.4 is 0 Å². The maximum Gasteiger partial charge on any atom is 0.306 e. The molecule has 3 aliphatic heterocycles. The maximum atomic E-state index is 11.8. The van der Waals surface area contributed by atoms with E-state index in [2.05, 4.69) is 32.6 Å². The van der Waals surface area contributed by atoms with Crippen LogP contribution in [0.1, 0.15) is 59.8 Å². The quantitative estimate of drug-likeness (QED) is 0.620. The van der Waals surface area contributed by atoms with Crippen molar-refractivity contribution in [3.63, 3.8) is 0 Å². The second-order valence-electron chi connectivity index (χ2n) is 7.47. The minimum absolute atomic E-state index is 0.00829. The maximum absolute atomic E-state index is 11.8. The molecule has 3 aliphatic rings. The van der Waals surface area contributed by atoms with E-state index in [4.69, 9.17) is 4.74 Å². The van der Waals surface area contributed by atoms with E-state index < -0.39 is 0 Å². The lowest BCUT2D eigenvalue weighted by Crippen LogP contribution is -2.69. The summed E-state index contributed by atoms with van der Waals surface area (Å²) in [6.45, 7) is 10.3. The summed E-state index contributed by atoms with van der Waals surface area (Å²) >= 11 is 0. The number of hydrogen-bond donors (Lipinski definition) is 0. The Morgan fingerprint density at radius 2 is 1.89 bits per heavy atom. The Balaban J connectivity index is 2.00. The van der Waals surface area contributed by atoms with Crippen LogP contribution in [0.25, 0.3) is 0 Å². The fraction of sp³-hybridized carbons (Fsp3) is 0.933. The summed E-state index contributed by atoms with van der Waals surface area (Å²) in [5, 5.41) is 0. The third-order valence-electron chi connectivity index (χ3n) is 5.86. The zero-order chi connectivity index (χ0) is 13.2. The van der Waals surface area contributed by atoms with Gasteiger partial charge in [0.15, 0.2) is 0 Å². The van der Waals surface area contributed by atoms with Gasteiger partial charge in [0, 0.05) is 30.0 Å². The van der Waals surface area contributed by atoms with Crippen molar-refractivity contribution in [3.05, 3.63) is 0 Å². The Morgan fingerprint density at radius 1 is 1.17 bits per heavy atom. The van der Waals surface area contributed by atoms with Crippen LogP contribution in [-0.2, 0) is 9.53 Å². The molecule has 0 radical (unpaired) electrons. The average molecular weight is 251 g/mol. The molecule has 0 saturated carbocycles. The van der Waals surface area contributed by atoms with Gasteiger partial charge in [-0.1, -0.05) is 0 Å². The van der Waals surface area contributed by atoms with Gasteiger partial charge in [0.05, 0.1) is 6.42 Å². The Bertz CT molecular complexity index is 392. The topological polar surface area (TPSA) is 29.5 Å². The van der Waals surface area contributed by atoms with Crippen molar-refractivity contribution in [2.75, 3.05) is 6.54 Å². The first kappa shape index (κ1) is 12.5. The van der Waals surface area contributed by atoms with Gasteiger partial charge in [0.2, 0.25) is 0 Å². The molecule has 3 heteroatoms. The van der Waals surface area contributed by atoms with E-state index in [1.807, 2.05) is 0 Å². The molecule has 0 aromatic carbocycles. The van der Waals surface area contributed by atoms with Gasteiger partial charge < -0.3 is 4.74 Å². The van der Waals surface area contributed by atoms with Crippen molar-refractivity contribution < 1.29 is 9.53 Å². The number of ether oxygens (including phenoxy) is 1. The number of rotatable bonds is 0. The monoisotopic (exact) mass is 251 g/mol. The van der Waals surface area contributed by atoms with E-state index in [0.29, 0.717) is 12.3 Å². The van der Waals surface area contributed by atoms with Gasteiger partial charge in [-0.05, 0) is 47.0 Å². The van der Waals surface area contributed by atoms with Gasteiger partial charge in [-0.15, -0.1) is 0 Å². The molecular formula is C15H25NO2. The first-order chi connectivity index (χ1) is 8.28. The zero-order valence-electron chi connectivity index (χ0n) is 12.1. The highest BCUT2D eigenvalue weighted by atomic mass is 16.6. The van der Waals surface area contributed by atoms with Crippen LogP contribution in [0.15, 0.2) is 0 Å². The molecule has 3 nitrogen and oxygen atoms in total. The Labute approximate surface area is 110 Å². The zero-order valence-corrected chi connectivity index (χ0v) is 12.1. The van der Waals surface area contributed by atoms with Gasteiger partial charge in [0.1, 0.15) is 5.60 Å². The molecule has 0 aliphatic carbocycles. The molecule has 1 unspecified atom stereocenters. The van der Waals surface area contributed by atoms with E-state index in [1.54, 1.807) is 0 Å². The molecule has 0 amide bonds. The molecule has 3 fully saturated rings.